The Labute approximate surface area is 124 Å². The molecule has 2 aromatic rings. The Morgan fingerprint density at radius 1 is 1.45 bits per heavy atom. The summed E-state index contributed by atoms with van der Waals surface area (Å²) in [6.07, 6.45) is 0. The van der Waals surface area contributed by atoms with Crippen molar-refractivity contribution in [3.63, 3.8) is 0 Å². The van der Waals surface area contributed by atoms with Gasteiger partial charge in [0.1, 0.15) is 13.2 Å². The van der Waals surface area contributed by atoms with Crippen molar-refractivity contribution in [3.8, 4) is 0 Å². The number of carbonyl (C=O) groups is 1. The average molecular weight is 315 g/mol. The Hall–Kier alpha value is -1.57. The standard InChI is InChI=1S/C12H11ClN2O4S/c13-8-3-1-2-4-9(8)20-7-10-14-11(19-15-10)5-18-6-12(16)17/h1-4H,5-7H2,(H,16,17). The van der Waals surface area contributed by atoms with Crippen molar-refractivity contribution in [1.82, 2.24) is 10.1 Å². The van der Waals surface area contributed by atoms with Crippen LogP contribution in [0, 0.1) is 0 Å². The summed E-state index contributed by atoms with van der Waals surface area (Å²) < 4.78 is 9.79. The molecule has 20 heavy (non-hydrogen) atoms. The van der Waals surface area contributed by atoms with Gasteiger partial charge in [-0.05, 0) is 12.1 Å². The molecule has 0 aliphatic carbocycles. The molecular formula is C12H11ClN2O4S. The Bertz CT molecular complexity index is 590. The first kappa shape index (κ1) is 14.8. The van der Waals surface area contributed by atoms with Crippen LogP contribution < -0.4 is 0 Å². The molecular weight excluding hydrogens is 304 g/mol. The number of carboxylic acids is 1. The third-order valence-electron chi connectivity index (χ3n) is 2.15. The molecule has 8 heteroatoms. The van der Waals surface area contributed by atoms with E-state index in [4.69, 9.17) is 26.0 Å². The lowest BCUT2D eigenvalue weighted by molar-refractivity contribution is -0.142. The molecule has 2 rings (SSSR count). The van der Waals surface area contributed by atoms with E-state index >= 15 is 0 Å². The molecule has 0 fully saturated rings. The topological polar surface area (TPSA) is 85.5 Å². The van der Waals surface area contributed by atoms with E-state index in [1.54, 1.807) is 0 Å². The third kappa shape index (κ3) is 4.52. The van der Waals surface area contributed by atoms with Crippen molar-refractivity contribution in [2.75, 3.05) is 6.61 Å². The van der Waals surface area contributed by atoms with E-state index in [1.165, 1.54) is 11.8 Å². The highest BCUT2D eigenvalue weighted by atomic mass is 35.5. The van der Waals surface area contributed by atoms with Crippen LogP contribution in [0.2, 0.25) is 5.02 Å². The van der Waals surface area contributed by atoms with Crippen LogP contribution in [-0.2, 0) is 21.9 Å². The van der Waals surface area contributed by atoms with Gasteiger partial charge in [-0.25, -0.2) is 4.79 Å². The van der Waals surface area contributed by atoms with Crippen LogP contribution in [0.3, 0.4) is 0 Å². The van der Waals surface area contributed by atoms with Gasteiger partial charge in [0, 0.05) is 4.90 Å². The molecule has 1 aromatic carbocycles. The summed E-state index contributed by atoms with van der Waals surface area (Å²) in [5.41, 5.74) is 0. The summed E-state index contributed by atoms with van der Waals surface area (Å²) in [6.45, 7) is -0.415. The highest BCUT2D eigenvalue weighted by molar-refractivity contribution is 7.98. The lowest BCUT2D eigenvalue weighted by atomic mass is 10.4. The first-order chi connectivity index (χ1) is 9.65. The molecule has 1 aromatic heterocycles. The highest BCUT2D eigenvalue weighted by Gasteiger charge is 2.09. The predicted octanol–water partition coefficient (Wildman–Crippen LogP) is 2.62. The smallest absolute Gasteiger partial charge is 0.329 e. The van der Waals surface area contributed by atoms with Gasteiger partial charge in [-0.15, -0.1) is 11.8 Å². The molecule has 0 saturated heterocycles. The largest absolute Gasteiger partial charge is 0.480 e. The van der Waals surface area contributed by atoms with Crippen LogP contribution >= 0.6 is 23.4 Å². The number of nitrogens with zero attached hydrogens (tertiary/aromatic N) is 2. The molecule has 0 aliphatic heterocycles. The normalized spacial score (nSPS) is 10.7. The average Bonchev–Trinajstić information content (AvgIpc) is 2.85. The van der Waals surface area contributed by atoms with E-state index in [1.807, 2.05) is 24.3 Å². The van der Waals surface area contributed by atoms with Crippen LogP contribution in [-0.4, -0.2) is 27.8 Å². The maximum Gasteiger partial charge on any atom is 0.329 e. The van der Waals surface area contributed by atoms with Gasteiger partial charge in [-0.1, -0.05) is 28.9 Å². The van der Waals surface area contributed by atoms with E-state index in [2.05, 4.69) is 10.1 Å². The Kier molecular flexibility index (Phi) is 5.40. The second kappa shape index (κ2) is 7.28. The summed E-state index contributed by atoms with van der Waals surface area (Å²) in [6, 6.07) is 7.48. The summed E-state index contributed by atoms with van der Waals surface area (Å²) in [4.78, 5) is 15.3. The van der Waals surface area contributed by atoms with Crippen LogP contribution in [0.4, 0.5) is 0 Å². The first-order valence-electron chi connectivity index (χ1n) is 5.63. The van der Waals surface area contributed by atoms with Crippen LogP contribution in [0.15, 0.2) is 33.7 Å². The van der Waals surface area contributed by atoms with Gasteiger partial charge in [-0.2, -0.15) is 4.98 Å². The zero-order valence-electron chi connectivity index (χ0n) is 10.3. The Balaban J connectivity index is 1.84. The van der Waals surface area contributed by atoms with Gasteiger partial charge < -0.3 is 14.4 Å². The zero-order chi connectivity index (χ0) is 14.4. The van der Waals surface area contributed by atoms with Crippen LogP contribution in [0.1, 0.15) is 11.7 Å². The van der Waals surface area contributed by atoms with Gasteiger partial charge >= 0.3 is 5.97 Å². The molecule has 0 unspecified atom stereocenters. The van der Waals surface area contributed by atoms with Crippen molar-refractivity contribution in [3.05, 3.63) is 41.0 Å². The number of carboxylic acid groups (broad SMARTS) is 1. The monoisotopic (exact) mass is 314 g/mol. The minimum atomic E-state index is -1.04. The summed E-state index contributed by atoms with van der Waals surface area (Å²) >= 11 is 7.52. The fourth-order valence-electron chi connectivity index (χ4n) is 1.34. The van der Waals surface area contributed by atoms with E-state index in [9.17, 15) is 4.79 Å². The maximum absolute atomic E-state index is 10.3. The van der Waals surface area contributed by atoms with Gasteiger partial charge in [0.2, 0.25) is 0 Å². The van der Waals surface area contributed by atoms with Crippen molar-refractivity contribution in [1.29, 1.82) is 0 Å². The Morgan fingerprint density at radius 3 is 3.00 bits per heavy atom. The summed E-state index contributed by atoms with van der Waals surface area (Å²) in [5.74, 6) is 0.218. The number of ether oxygens (including phenoxy) is 1. The van der Waals surface area contributed by atoms with Crippen LogP contribution in [0.5, 0.6) is 0 Å². The zero-order valence-corrected chi connectivity index (χ0v) is 11.9. The van der Waals surface area contributed by atoms with Crippen LogP contribution in [0.25, 0.3) is 0 Å². The lowest BCUT2D eigenvalue weighted by Gasteiger charge is -2.00. The SMILES string of the molecule is O=C(O)COCc1nc(CSc2ccccc2Cl)no1. The molecule has 1 N–H and O–H groups in total. The number of rotatable bonds is 7. The number of halogens is 1. The molecule has 0 radical (unpaired) electrons. The molecule has 0 spiro atoms. The molecule has 6 nitrogen and oxygen atoms in total. The van der Waals surface area contributed by atoms with E-state index in [-0.39, 0.29) is 12.5 Å². The molecule has 0 bridgehead atoms. The second-order valence-electron chi connectivity index (χ2n) is 3.71. The quantitative estimate of drug-likeness (QED) is 0.786. The van der Waals surface area contributed by atoms with E-state index in [0.29, 0.717) is 16.6 Å². The van der Waals surface area contributed by atoms with E-state index < -0.39 is 12.6 Å². The first-order valence-corrected chi connectivity index (χ1v) is 7.00. The minimum absolute atomic E-state index is 0.0178. The summed E-state index contributed by atoms with van der Waals surface area (Å²) in [5, 5.41) is 12.9. The van der Waals surface area contributed by atoms with Gasteiger partial charge in [0.05, 0.1) is 10.8 Å². The van der Waals surface area contributed by atoms with Gasteiger partial charge in [-0.3, -0.25) is 0 Å². The highest BCUT2D eigenvalue weighted by Crippen LogP contribution is 2.28. The fraction of sp³-hybridized carbons (Fsp3) is 0.250. The van der Waals surface area contributed by atoms with Crippen molar-refractivity contribution in [2.24, 2.45) is 0 Å². The number of benzene rings is 1. The fourth-order valence-corrected chi connectivity index (χ4v) is 2.42. The molecule has 106 valence electrons. The van der Waals surface area contributed by atoms with Crippen molar-refractivity contribution >= 4 is 29.3 Å². The van der Waals surface area contributed by atoms with Gasteiger partial charge in [0.25, 0.3) is 5.89 Å². The number of aliphatic carboxylic acids is 1. The number of thioether (sulfide) groups is 1. The molecule has 1 heterocycles. The van der Waals surface area contributed by atoms with E-state index in [0.717, 1.165) is 4.90 Å². The minimum Gasteiger partial charge on any atom is -0.480 e. The Morgan fingerprint density at radius 2 is 2.25 bits per heavy atom. The van der Waals surface area contributed by atoms with Crippen molar-refractivity contribution < 1.29 is 19.2 Å². The van der Waals surface area contributed by atoms with Gasteiger partial charge in [0.15, 0.2) is 5.82 Å². The molecule has 0 amide bonds. The maximum atomic E-state index is 10.3. The third-order valence-corrected chi connectivity index (χ3v) is 3.67. The second-order valence-corrected chi connectivity index (χ2v) is 5.13. The molecule has 0 saturated carbocycles. The molecule has 0 atom stereocenters. The predicted molar refractivity (Wildman–Crippen MR) is 72.6 cm³/mol. The number of aromatic nitrogens is 2. The number of hydrogen-bond acceptors (Lipinski definition) is 6. The number of hydrogen-bond donors (Lipinski definition) is 1. The van der Waals surface area contributed by atoms with Crippen molar-refractivity contribution in [2.45, 2.75) is 17.3 Å². The summed E-state index contributed by atoms with van der Waals surface area (Å²) in [7, 11) is 0. The molecule has 0 aliphatic rings. The lowest BCUT2D eigenvalue weighted by Crippen LogP contribution is -2.06.